The van der Waals surface area contributed by atoms with Gasteiger partial charge in [-0.2, -0.15) is 0 Å². The predicted octanol–water partition coefficient (Wildman–Crippen LogP) is 20.3. The van der Waals surface area contributed by atoms with Gasteiger partial charge in [0.15, 0.2) is 0 Å². The van der Waals surface area contributed by atoms with E-state index in [9.17, 15) is 4.39 Å². The molecule has 0 spiro atoms. The lowest BCUT2D eigenvalue weighted by molar-refractivity contribution is 0.397. The van der Waals surface area contributed by atoms with Crippen molar-refractivity contribution in [1.82, 2.24) is 0 Å². The Balaban J connectivity index is 3.12. The normalized spacial score (nSPS) is 11.8. The van der Waals surface area contributed by atoms with Crippen LogP contribution in [0, 0.1) is 6.17 Å². The summed E-state index contributed by atoms with van der Waals surface area (Å²) in [6, 6.07) is 0. The van der Waals surface area contributed by atoms with Crippen LogP contribution in [0.1, 0.15) is 322 Å². The number of hydrogen-bond donors (Lipinski definition) is 0. The van der Waals surface area contributed by atoms with Gasteiger partial charge in [-0.05, 0) is 12.8 Å². The first kappa shape index (κ1) is 51.9. The Bertz CT molecular complexity index is 586. The second kappa shape index (κ2) is 48.9. The highest BCUT2D eigenvalue weighted by Gasteiger charge is 2.07. The van der Waals surface area contributed by atoms with Crippen molar-refractivity contribution in [3.8, 4) is 0 Å². The molecule has 0 unspecified atom stereocenters. The minimum Gasteiger partial charge on any atom is -0.240 e. The van der Waals surface area contributed by atoms with E-state index in [4.69, 9.17) is 0 Å². The summed E-state index contributed by atoms with van der Waals surface area (Å²) in [7, 11) is 0. The summed E-state index contributed by atoms with van der Waals surface area (Å²) >= 11 is 0. The molecule has 0 N–H and O–H groups in total. The maximum atomic E-state index is 14.2. The number of halogens is 1. The molecule has 0 saturated carbocycles. The van der Waals surface area contributed by atoms with E-state index in [0.29, 0.717) is 0 Å². The van der Waals surface area contributed by atoms with Crippen LogP contribution in [0.15, 0.2) is 0 Å². The molecule has 0 aliphatic carbocycles. The molecule has 0 rings (SSSR count). The fourth-order valence-corrected chi connectivity index (χ4v) is 8.33. The summed E-state index contributed by atoms with van der Waals surface area (Å²) in [4.78, 5) is 0. The first-order valence-corrected chi connectivity index (χ1v) is 25.3. The zero-order chi connectivity index (χ0) is 37.5. The minimum absolute atomic E-state index is 0.282. The number of unbranched alkanes of at least 4 members (excludes halogenated alkanes) is 44. The second-order valence-corrected chi connectivity index (χ2v) is 17.6. The van der Waals surface area contributed by atoms with Crippen LogP contribution in [0.5, 0.6) is 0 Å². The highest BCUT2D eigenvalue weighted by Crippen LogP contribution is 2.23. The van der Waals surface area contributed by atoms with Crippen LogP contribution in [0.2, 0.25) is 0 Å². The molecule has 0 aliphatic heterocycles. The van der Waals surface area contributed by atoms with Gasteiger partial charge in [-0.3, -0.25) is 0 Å². The van der Waals surface area contributed by atoms with Gasteiger partial charge in [0.25, 0.3) is 0 Å². The van der Waals surface area contributed by atoms with Gasteiger partial charge in [-0.1, -0.05) is 309 Å². The average molecular weight is 734 g/mol. The van der Waals surface area contributed by atoms with Crippen LogP contribution < -0.4 is 0 Å². The molecule has 52 heavy (non-hydrogen) atoms. The summed E-state index contributed by atoms with van der Waals surface area (Å²) in [6.45, 7) is 4.60. The lowest BCUT2D eigenvalue weighted by Crippen LogP contribution is -1.91. The third kappa shape index (κ3) is 48.0. The molecule has 0 aliphatic rings. The molecule has 0 saturated heterocycles. The first-order valence-electron chi connectivity index (χ1n) is 25.3. The van der Waals surface area contributed by atoms with Crippen molar-refractivity contribution in [1.29, 1.82) is 0 Å². The van der Waals surface area contributed by atoms with Crippen LogP contribution in [0.4, 0.5) is 4.39 Å². The zero-order valence-electron chi connectivity index (χ0n) is 36.8. The Hall–Kier alpha value is -0.0700. The third-order valence-corrected chi connectivity index (χ3v) is 12.1. The average Bonchev–Trinajstić information content (AvgIpc) is 3.15. The molecular formula is C51H102F. The summed E-state index contributed by atoms with van der Waals surface area (Å²) in [5, 5.41) is 0. The monoisotopic (exact) mass is 734 g/mol. The molecule has 0 heterocycles. The molecule has 1 radical (unpaired) electrons. The molecule has 0 fully saturated rings. The van der Waals surface area contributed by atoms with Crippen molar-refractivity contribution in [3.63, 3.8) is 0 Å². The molecule has 313 valence electrons. The molecular weight excluding hydrogens is 632 g/mol. The second-order valence-electron chi connectivity index (χ2n) is 17.6. The van der Waals surface area contributed by atoms with Gasteiger partial charge >= 0.3 is 0 Å². The van der Waals surface area contributed by atoms with Crippen molar-refractivity contribution < 1.29 is 4.39 Å². The summed E-state index contributed by atoms with van der Waals surface area (Å²) < 4.78 is 14.2. The van der Waals surface area contributed by atoms with E-state index in [1.807, 2.05) is 0 Å². The van der Waals surface area contributed by atoms with Crippen molar-refractivity contribution in [2.24, 2.45) is 0 Å². The number of hydrogen-bond acceptors (Lipinski definition) is 0. The largest absolute Gasteiger partial charge is 0.240 e. The summed E-state index contributed by atoms with van der Waals surface area (Å²) in [6.07, 6.45) is 66.9. The zero-order valence-corrected chi connectivity index (χ0v) is 36.8. The fraction of sp³-hybridized carbons (Fsp3) is 0.980. The van der Waals surface area contributed by atoms with Gasteiger partial charge < -0.3 is 0 Å². The Morgan fingerprint density at radius 1 is 0.192 bits per heavy atom. The molecule has 0 nitrogen and oxygen atoms in total. The highest BCUT2D eigenvalue weighted by molar-refractivity contribution is 4.75. The van der Waals surface area contributed by atoms with Crippen molar-refractivity contribution in [3.05, 3.63) is 6.17 Å². The standard InChI is InChI=1S/C51H102F/c1-3-5-7-9-11-13-15-17-19-20-21-22-23-24-25-26-27-28-29-30-31-32-33-34-36-38-40-42-44-46-48-50-51(52)49-47-45-43-41-39-37-35-18-16-14-12-10-8-6-4-2/h3-50H2,1-2H3. The Labute approximate surface area is 331 Å². The van der Waals surface area contributed by atoms with Gasteiger partial charge in [0.2, 0.25) is 0 Å². The smallest absolute Gasteiger partial charge is 0.144 e. The Morgan fingerprint density at radius 2 is 0.308 bits per heavy atom. The van der Waals surface area contributed by atoms with Gasteiger partial charge in [0.1, 0.15) is 6.17 Å². The Kier molecular flexibility index (Phi) is 48.9. The molecule has 0 bridgehead atoms. The van der Waals surface area contributed by atoms with Crippen molar-refractivity contribution >= 4 is 0 Å². The van der Waals surface area contributed by atoms with E-state index in [2.05, 4.69) is 13.8 Å². The molecule has 0 aromatic heterocycles. The van der Waals surface area contributed by atoms with E-state index in [1.165, 1.54) is 283 Å². The quantitative estimate of drug-likeness (QED) is 0.0546. The van der Waals surface area contributed by atoms with Crippen LogP contribution >= 0.6 is 0 Å². The van der Waals surface area contributed by atoms with E-state index in [0.717, 1.165) is 25.7 Å². The van der Waals surface area contributed by atoms with Gasteiger partial charge in [-0.25, -0.2) is 4.39 Å². The Morgan fingerprint density at radius 3 is 0.442 bits per heavy atom. The lowest BCUT2D eigenvalue weighted by atomic mass is 10.0. The SMILES string of the molecule is CCCCCCCCCCCCCCCCCCCCCCCCCCCCCCCCC[C](F)CCCCCCCCCCCCCCCCC. The van der Waals surface area contributed by atoms with Crippen molar-refractivity contribution in [2.75, 3.05) is 0 Å². The third-order valence-electron chi connectivity index (χ3n) is 12.1. The van der Waals surface area contributed by atoms with E-state index in [1.54, 1.807) is 0 Å². The van der Waals surface area contributed by atoms with Gasteiger partial charge in [0.05, 0.1) is 0 Å². The maximum Gasteiger partial charge on any atom is 0.144 e. The molecule has 0 amide bonds. The van der Waals surface area contributed by atoms with E-state index in [-0.39, 0.29) is 6.17 Å². The van der Waals surface area contributed by atoms with Gasteiger partial charge in [-0.15, -0.1) is 0 Å². The lowest BCUT2D eigenvalue weighted by Gasteiger charge is -2.07. The fourth-order valence-electron chi connectivity index (χ4n) is 8.33. The van der Waals surface area contributed by atoms with Gasteiger partial charge in [0, 0.05) is 0 Å². The van der Waals surface area contributed by atoms with Crippen LogP contribution in [-0.4, -0.2) is 0 Å². The predicted molar refractivity (Wildman–Crippen MR) is 237 cm³/mol. The molecule has 0 aromatic carbocycles. The maximum absolute atomic E-state index is 14.2. The summed E-state index contributed by atoms with van der Waals surface area (Å²) in [5.74, 6) is 0. The highest BCUT2D eigenvalue weighted by atomic mass is 19.1. The van der Waals surface area contributed by atoms with E-state index < -0.39 is 0 Å². The minimum atomic E-state index is 0.282. The van der Waals surface area contributed by atoms with E-state index >= 15 is 0 Å². The topological polar surface area (TPSA) is 0 Å². The molecule has 0 aromatic rings. The number of rotatable bonds is 48. The molecule has 0 atom stereocenters. The van der Waals surface area contributed by atoms with Crippen molar-refractivity contribution in [2.45, 2.75) is 322 Å². The summed E-state index contributed by atoms with van der Waals surface area (Å²) in [5.41, 5.74) is 0. The van der Waals surface area contributed by atoms with Crippen LogP contribution in [-0.2, 0) is 0 Å². The van der Waals surface area contributed by atoms with Crippen LogP contribution in [0.3, 0.4) is 0 Å². The molecule has 1 heteroatoms. The first-order chi connectivity index (χ1) is 25.8. The van der Waals surface area contributed by atoms with Crippen LogP contribution in [0.25, 0.3) is 0 Å².